The fourth-order valence-electron chi connectivity index (χ4n) is 2.61. The number of methoxy groups -OCH3 is 1. The number of ether oxygens (including phenoxy) is 1. The van der Waals surface area contributed by atoms with Crippen LogP contribution in [0, 0.1) is 0 Å². The summed E-state index contributed by atoms with van der Waals surface area (Å²) in [6.07, 6.45) is 1.79. The van der Waals surface area contributed by atoms with Gasteiger partial charge in [-0.05, 0) is 25.0 Å². The minimum Gasteiger partial charge on any atom is -0.497 e. The Morgan fingerprint density at radius 1 is 1.33 bits per heavy atom. The van der Waals surface area contributed by atoms with Crippen molar-refractivity contribution in [2.45, 2.75) is 25.8 Å². The second kappa shape index (κ2) is 7.22. The van der Waals surface area contributed by atoms with Gasteiger partial charge in [0.05, 0.1) is 13.7 Å². The lowest BCUT2D eigenvalue weighted by Gasteiger charge is -2.31. The fourth-order valence-corrected chi connectivity index (χ4v) is 2.61. The third-order valence-corrected chi connectivity index (χ3v) is 3.75. The van der Waals surface area contributed by atoms with Gasteiger partial charge in [-0.15, -0.1) is 0 Å². The fraction of sp³-hybridized carbons (Fsp3) is 0.500. The summed E-state index contributed by atoms with van der Waals surface area (Å²) in [5, 5.41) is 2.94. The molecular weight excluding hydrogens is 268 g/mol. The van der Waals surface area contributed by atoms with Crippen LogP contribution in [0.4, 0.5) is 0 Å². The number of carbonyl (C=O) groups excluding carboxylic acids is 2. The summed E-state index contributed by atoms with van der Waals surface area (Å²) in [5.41, 5.74) is 0.679. The van der Waals surface area contributed by atoms with Gasteiger partial charge in [0.25, 0.3) is 0 Å². The third kappa shape index (κ3) is 4.56. The minimum atomic E-state index is 0.0147. The van der Waals surface area contributed by atoms with Crippen molar-refractivity contribution in [3.63, 3.8) is 0 Å². The van der Waals surface area contributed by atoms with Gasteiger partial charge in [-0.25, -0.2) is 0 Å². The molecule has 21 heavy (non-hydrogen) atoms. The van der Waals surface area contributed by atoms with Crippen LogP contribution in [0.15, 0.2) is 24.3 Å². The summed E-state index contributed by atoms with van der Waals surface area (Å²) < 4.78 is 5.14. The highest BCUT2D eigenvalue weighted by Crippen LogP contribution is 2.15. The van der Waals surface area contributed by atoms with E-state index in [2.05, 4.69) is 10.2 Å². The Labute approximate surface area is 125 Å². The molecule has 0 bridgehead atoms. The molecule has 1 saturated heterocycles. The number of piperidine rings is 1. The molecule has 1 aliphatic rings. The van der Waals surface area contributed by atoms with E-state index in [1.54, 1.807) is 20.1 Å². The lowest BCUT2D eigenvalue weighted by molar-refractivity contribution is -0.119. The molecule has 5 heteroatoms. The number of hydrogen-bond donors (Lipinski definition) is 1. The zero-order valence-corrected chi connectivity index (χ0v) is 12.6. The van der Waals surface area contributed by atoms with Gasteiger partial charge in [0.15, 0.2) is 5.78 Å². The first kappa shape index (κ1) is 15.5. The number of carbonyl (C=O) groups is 2. The smallest absolute Gasteiger partial charge is 0.217 e. The van der Waals surface area contributed by atoms with Gasteiger partial charge in [0.2, 0.25) is 5.91 Å². The molecular formula is C16H22N2O3. The standard InChI is InChI=1S/C16H22N2O3/c1-12(19)17-14-6-8-18(9-7-14)11-16(20)13-4-3-5-15(10-13)21-2/h3-5,10,14H,6-9,11H2,1-2H3,(H,17,19). The molecule has 1 heterocycles. The molecule has 0 radical (unpaired) electrons. The van der Waals surface area contributed by atoms with Gasteiger partial charge in [-0.1, -0.05) is 12.1 Å². The van der Waals surface area contributed by atoms with Crippen molar-refractivity contribution in [1.82, 2.24) is 10.2 Å². The Morgan fingerprint density at radius 2 is 2.05 bits per heavy atom. The van der Waals surface area contributed by atoms with Gasteiger partial charge in [0, 0.05) is 31.6 Å². The second-order valence-electron chi connectivity index (χ2n) is 5.41. The molecule has 2 rings (SSSR count). The molecule has 0 aliphatic carbocycles. The molecule has 1 fully saturated rings. The maximum absolute atomic E-state index is 12.3. The monoisotopic (exact) mass is 290 g/mol. The van der Waals surface area contributed by atoms with Crippen molar-refractivity contribution in [2.75, 3.05) is 26.7 Å². The maximum atomic E-state index is 12.3. The van der Waals surface area contributed by atoms with Crippen molar-refractivity contribution in [1.29, 1.82) is 0 Å². The predicted octanol–water partition coefficient (Wildman–Crippen LogP) is 1.48. The zero-order valence-electron chi connectivity index (χ0n) is 12.6. The number of nitrogens with zero attached hydrogens (tertiary/aromatic N) is 1. The van der Waals surface area contributed by atoms with Crippen LogP contribution in [0.3, 0.4) is 0 Å². The Bertz CT molecular complexity index is 508. The first-order chi connectivity index (χ1) is 10.1. The molecule has 0 unspecified atom stereocenters. The Morgan fingerprint density at radius 3 is 2.67 bits per heavy atom. The van der Waals surface area contributed by atoms with E-state index < -0.39 is 0 Å². The topological polar surface area (TPSA) is 58.6 Å². The molecule has 1 aromatic rings. The highest BCUT2D eigenvalue weighted by atomic mass is 16.5. The first-order valence-electron chi connectivity index (χ1n) is 7.25. The summed E-state index contributed by atoms with van der Waals surface area (Å²) in [4.78, 5) is 25.4. The summed E-state index contributed by atoms with van der Waals surface area (Å²) in [5.74, 6) is 0.818. The molecule has 1 amide bonds. The quantitative estimate of drug-likeness (QED) is 0.835. The van der Waals surface area contributed by atoms with Crippen LogP contribution in [-0.2, 0) is 4.79 Å². The summed E-state index contributed by atoms with van der Waals surface area (Å²) in [7, 11) is 1.59. The highest BCUT2D eigenvalue weighted by Gasteiger charge is 2.21. The van der Waals surface area contributed by atoms with Crippen molar-refractivity contribution < 1.29 is 14.3 Å². The van der Waals surface area contributed by atoms with Crippen LogP contribution in [-0.4, -0.2) is 49.4 Å². The van der Waals surface area contributed by atoms with Gasteiger partial charge in [0.1, 0.15) is 5.75 Å². The van der Waals surface area contributed by atoms with Crippen LogP contribution < -0.4 is 10.1 Å². The predicted molar refractivity (Wildman–Crippen MR) is 80.6 cm³/mol. The number of ketones is 1. The Balaban J connectivity index is 1.85. The molecule has 1 aromatic carbocycles. The average Bonchev–Trinajstić information content (AvgIpc) is 2.49. The van der Waals surface area contributed by atoms with Crippen LogP contribution in [0.5, 0.6) is 5.75 Å². The van der Waals surface area contributed by atoms with E-state index in [0.29, 0.717) is 17.9 Å². The molecule has 1 aliphatic heterocycles. The lowest BCUT2D eigenvalue weighted by Crippen LogP contribution is -2.45. The van der Waals surface area contributed by atoms with E-state index in [1.165, 1.54) is 0 Å². The van der Waals surface area contributed by atoms with Gasteiger partial charge >= 0.3 is 0 Å². The van der Waals surface area contributed by atoms with Crippen LogP contribution >= 0.6 is 0 Å². The van der Waals surface area contributed by atoms with Crippen molar-refractivity contribution in [2.24, 2.45) is 0 Å². The summed E-state index contributed by atoms with van der Waals surface area (Å²) in [6, 6.07) is 7.48. The van der Waals surface area contributed by atoms with E-state index in [-0.39, 0.29) is 17.7 Å². The summed E-state index contributed by atoms with van der Waals surface area (Å²) in [6.45, 7) is 3.62. The van der Waals surface area contributed by atoms with E-state index >= 15 is 0 Å². The Hall–Kier alpha value is -1.88. The van der Waals surface area contributed by atoms with Gasteiger partial charge in [-0.2, -0.15) is 0 Å². The van der Waals surface area contributed by atoms with Crippen LogP contribution in [0.2, 0.25) is 0 Å². The zero-order chi connectivity index (χ0) is 15.2. The molecule has 1 N–H and O–H groups in total. The molecule has 0 aromatic heterocycles. The van der Waals surface area contributed by atoms with Gasteiger partial charge < -0.3 is 10.1 Å². The maximum Gasteiger partial charge on any atom is 0.217 e. The number of Topliss-reactive ketones (excluding diaryl/α,β-unsaturated/α-hetero) is 1. The number of benzene rings is 1. The molecule has 0 saturated carbocycles. The number of rotatable bonds is 5. The van der Waals surface area contributed by atoms with E-state index in [4.69, 9.17) is 4.74 Å². The average molecular weight is 290 g/mol. The van der Waals surface area contributed by atoms with Gasteiger partial charge in [-0.3, -0.25) is 14.5 Å². The minimum absolute atomic E-state index is 0.0147. The highest BCUT2D eigenvalue weighted by molar-refractivity contribution is 5.97. The van der Waals surface area contributed by atoms with E-state index in [1.807, 2.05) is 18.2 Å². The SMILES string of the molecule is COc1cccc(C(=O)CN2CCC(NC(C)=O)CC2)c1. The lowest BCUT2D eigenvalue weighted by atomic mass is 10.0. The number of amides is 1. The van der Waals surface area contributed by atoms with E-state index in [9.17, 15) is 9.59 Å². The number of hydrogen-bond acceptors (Lipinski definition) is 4. The normalized spacial score (nSPS) is 16.5. The van der Waals surface area contributed by atoms with E-state index in [0.717, 1.165) is 25.9 Å². The van der Waals surface area contributed by atoms with Crippen LogP contribution in [0.25, 0.3) is 0 Å². The summed E-state index contributed by atoms with van der Waals surface area (Å²) >= 11 is 0. The van der Waals surface area contributed by atoms with Crippen molar-refractivity contribution >= 4 is 11.7 Å². The molecule has 0 spiro atoms. The largest absolute Gasteiger partial charge is 0.497 e. The number of likely N-dealkylation sites (tertiary alicyclic amines) is 1. The molecule has 114 valence electrons. The molecule has 5 nitrogen and oxygen atoms in total. The first-order valence-corrected chi connectivity index (χ1v) is 7.25. The van der Waals surface area contributed by atoms with Crippen LogP contribution in [0.1, 0.15) is 30.1 Å². The number of nitrogens with one attached hydrogen (secondary N) is 1. The second-order valence-corrected chi connectivity index (χ2v) is 5.41. The molecule has 0 atom stereocenters. The third-order valence-electron chi connectivity index (χ3n) is 3.75. The Kier molecular flexibility index (Phi) is 5.33. The van der Waals surface area contributed by atoms with Crippen molar-refractivity contribution in [3.05, 3.63) is 29.8 Å². The van der Waals surface area contributed by atoms with Crippen molar-refractivity contribution in [3.8, 4) is 5.75 Å².